The lowest BCUT2D eigenvalue weighted by atomic mass is 10.1. The van der Waals surface area contributed by atoms with Crippen molar-refractivity contribution in [2.24, 2.45) is 0 Å². The Balaban J connectivity index is 3.04. The predicted molar refractivity (Wildman–Crippen MR) is 129 cm³/mol. The van der Waals surface area contributed by atoms with Gasteiger partial charge in [0.2, 0.25) is 0 Å². The molecule has 0 heterocycles. The molecule has 0 bridgehead atoms. The molecule has 0 aromatic carbocycles. The molecule has 0 aliphatic carbocycles. The van der Waals surface area contributed by atoms with Crippen molar-refractivity contribution in [3.8, 4) is 0 Å². The Kier molecular flexibility index (Phi) is 26.4. The van der Waals surface area contributed by atoms with Gasteiger partial charge in [-0.15, -0.1) is 0 Å². The zero-order valence-electron chi connectivity index (χ0n) is 17.5. The lowest BCUT2D eigenvalue weighted by Crippen LogP contribution is -1.82. The Bertz CT molecular complexity index is 237. The highest BCUT2D eigenvalue weighted by Crippen LogP contribution is 2.13. The van der Waals surface area contributed by atoms with E-state index in [9.17, 15) is 0 Å². The lowest BCUT2D eigenvalue weighted by Gasteiger charge is -2.01. The molecule has 0 rings (SSSR count). The van der Waals surface area contributed by atoms with Gasteiger partial charge in [-0.2, -0.15) is 0 Å². The molecule has 0 aromatic heterocycles. The number of halogens is 2. The fraction of sp³-hybridized carbons (Fsp3) is 0.917. The summed E-state index contributed by atoms with van der Waals surface area (Å²) >= 11 is 7.00. The summed E-state index contributed by atoms with van der Waals surface area (Å²) in [6.45, 7) is 0. The highest BCUT2D eigenvalue weighted by Gasteiger charge is 1.93. The van der Waals surface area contributed by atoms with E-state index in [1.54, 1.807) is 0 Å². The van der Waals surface area contributed by atoms with Gasteiger partial charge in [-0.1, -0.05) is 134 Å². The predicted octanol–water partition coefficient (Wildman–Crippen LogP) is 10.1. The van der Waals surface area contributed by atoms with Crippen molar-refractivity contribution in [1.29, 1.82) is 0 Å². The molecular formula is C24H46Br2. The van der Waals surface area contributed by atoms with Gasteiger partial charge in [0.05, 0.1) is 0 Å². The second-order valence-corrected chi connectivity index (χ2v) is 9.38. The largest absolute Gasteiger partial charge is 0.0928 e. The molecule has 156 valence electrons. The summed E-state index contributed by atoms with van der Waals surface area (Å²) in [7, 11) is 0. The maximum Gasteiger partial charge on any atom is 0.00313 e. The van der Waals surface area contributed by atoms with Gasteiger partial charge < -0.3 is 0 Å². The van der Waals surface area contributed by atoms with Crippen LogP contribution < -0.4 is 0 Å². The number of rotatable bonds is 22. The number of unbranched alkanes of at least 4 members (excludes halogenated alkanes) is 18. The van der Waals surface area contributed by atoms with E-state index in [2.05, 4.69) is 44.0 Å². The molecule has 26 heavy (non-hydrogen) atoms. The molecule has 0 radical (unpaired) electrons. The van der Waals surface area contributed by atoms with E-state index >= 15 is 0 Å². The summed E-state index contributed by atoms with van der Waals surface area (Å²) < 4.78 is 0. The molecule has 0 aliphatic rings. The third-order valence-electron chi connectivity index (χ3n) is 5.18. The van der Waals surface area contributed by atoms with Crippen LogP contribution in [0.3, 0.4) is 0 Å². The summed E-state index contributed by atoms with van der Waals surface area (Å²) in [6.07, 6.45) is 33.1. The van der Waals surface area contributed by atoms with Crippen LogP contribution in [-0.4, -0.2) is 10.7 Å². The molecule has 0 aliphatic heterocycles. The molecule has 0 unspecified atom stereocenters. The maximum atomic E-state index is 3.50. The summed E-state index contributed by atoms with van der Waals surface area (Å²) in [5, 5.41) is 2.36. The average molecular weight is 494 g/mol. The number of hydrogen-bond acceptors (Lipinski definition) is 0. The molecule has 0 saturated heterocycles. The molecule has 0 amide bonds. The van der Waals surface area contributed by atoms with Crippen LogP contribution in [0.15, 0.2) is 12.2 Å². The monoisotopic (exact) mass is 492 g/mol. The first-order valence-electron chi connectivity index (χ1n) is 11.7. The van der Waals surface area contributed by atoms with E-state index in [0.717, 1.165) is 0 Å². The van der Waals surface area contributed by atoms with Gasteiger partial charge in [0.25, 0.3) is 0 Å². The van der Waals surface area contributed by atoms with E-state index in [0.29, 0.717) is 0 Å². The van der Waals surface area contributed by atoms with Crippen molar-refractivity contribution in [2.75, 3.05) is 10.7 Å². The minimum atomic E-state index is 1.18. The van der Waals surface area contributed by atoms with E-state index in [1.807, 2.05) is 0 Å². The smallest absolute Gasteiger partial charge is 0.00313 e. The van der Waals surface area contributed by atoms with Crippen molar-refractivity contribution in [3.05, 3.63) is 12.2 Å². The van der Waals surface area contributed by atoms with Crippen molar-refractivity contribution in [1.82, 2.24) is 0 Å². The molecule has 0 aromatic rings. The summed E-state index contributed by atoms with van der Waals surface area (Å²) in [5.41, 5.74) is 0. The number of allylic oxidation sites excluding steroid dienone is 2. The molecular weight excluding hydrogens is 448 g/mol. The van der Waals surface area contributed by atoms with Crippen molar-refractivity contribution >= 4 is 31.9 Å². The highest BCUT2D eigenvalue weighted by molar-refractivity contribution is 9.09. The second-order valence-electron chi connectivity index (χ2n) is 7.79. The van der Waals surface area contributed by atoms with Gasteiger partial charge >= 0.3 is 0 Å². The maximum absolute atomic E-state index is 3.50. The first-order chi connectivity index (χ1) is 12.9. The van der Waals surface area contributed by atoms with Crippen molar-refractivity contribution in [3.63, 3.8) is 0 Å². The normalized spacial score (nSPS) is 11.6. The Morgan fingerprint density at radius 3 is 0.808 bits per heavy atom. The van der Waals surface area contributed by atoms with E-state index in [1.165, 1.54) is 139 Å². The molecule has 2 heteroatoms. The van der Waals surface area contributed by atoms with Gasteiger partial charge in [0.1, 0.15) is 0 Å². The zero-order chi connectivity index (χ0) is 19.0. The Morgan fingerprint density at radius 1 is 0.308 bits per heavy atom. The van der Waals surface area contributed by atoms with Crippen LogP contribution in [0.4, 0.5) is 0 Å². The van der Waals surface area contributed by atoms with Crippen LogP contribution in [0.25, 0.3) is 0 Å². The van der Waals surface area contributed by atoms with Crippen LogP contribution in [0.1, 0.15) is 128 Å². The minimum Gasteiger partial charge on any atom is -0.0928 e. The van der Waals surface area contributed by atoms with Crippen LogP contribution in [-0.2, 0) is 0 Å². The van der Waals surface area contributed by atoms with Gasteiger partial charge in [0, 0.05) is 10.7 Å². The van der Waals surface area contributed by atoms with Gasteiger partial charge in [-0.05, 0) is 38.5 Å². The van der Waals surface area contributed by atoms with Gasteiger partial charge in [0.15, 0.2) is 0 Å². The molecule has 0 atom stereocenters. The quantitative estimate of drug-likeness (QED) is 0.0798. The fourth-order valence-corrected chi connectivity index (χ4v) is 4.22. The topological polar surface area (TPSA) is 0 Å². The average Bonchev–Trinajstić information content (AvgIpc) is 2.66. The van der Waals surface area contributed by atoms with Gasteiger partial charge in [-0.3, -0.25) is 0 Å². The highest BCUT2D eigenvalue weighted by atomic mass is 79.9. The third-order valence-corrected chi connectivity index (χ3v) is 6.30. The van der Waals surface area contributed by atoms with Crippen LogP contribution in [0.2, 0.25) is 0 Å². The standard InChI is InChI=1S/C24H46Br2/c25-23-21-19-17-15-13-11-9-7-5-3-1-2-4-6-8-10-12-14-16-18-20-22-24-26/h1-2H,3-24H2. The Morgan fingerprint density at radius 2 is 0.538 bits per heavy atom. The van der Waals surface area contributed by atoms with E-state index in [-0.39, 0.29) is 0 Å². The van der Waals surface area contributed by atoms with Crippen molar-refractivity contribution in [2.45, 2.75) is 128 Å². The van der Waals surface area contributed by atoms with Crippen LogP contribution >= 0.6 is 31.9 Å². The van der Waals surface area contributed by atoms with Crippen molar-refractivity contribution < 1.29 is 0 Å². The lowest BCUT2D eigenvalue weighted by molar-refractivity contribution is 0.565. The third kappa shape index (κ3) is 24.7. The molecule has 0 spiro atoms. The second kappa shape index (κ2) is 25.7. The van der Waals surface area contributed by atoms with Crippen LogP contribution in [0.5, 0.6) is 0 Å². The minimum absolute atomic E-state index is 1.18. The molecule has 0 nitrogen and oxygen atoms in total. The van der Waals surface area contributed by atoms with Crippen LogP contribution in [0, 0.1) is 0 Å². The molecule has 0 fully saturated rings. The molecule has 0 saturated carbocycles. The summed E-state index contributed by atoms with van der Waals surface area (Å²) in [4.78, 5) is 0. The Labute approximate surface area is 182 Å². The SMILES string of the molecule is BrCCCCCCCCCCCC=CCCCCCCCCCCCBr. The summed E-state index contributed by atoms with van der Waals surface area (Å²) in [5.74, 6) is 0. The first kappa shape index (κ1) is 26.7. The zero-order valence-corrected chi connectivity index (χ0v) is 20.6. The van der Waals surface area contributed by atoms with E-state index in [4.69, 9.17) is 0 Å². The van der Waals surface area contributed by atoms with E-state index < -0.39 is 0 Å². The molecule has 0 N–H and O–H groups in total. The first-order valence-corrected chi connectivity index (χ1v) is 13.9. The summed E-state index contributed by atoms with van der Waals surface area (Å²) in [6, 6.07) is 0. The Hall–Kier alpha value is 0.700. The van der Waals surface area contributed by atoms with Gasteiger partial charge in [-0.25, -0.2) is 0 Å². The number of hydrogen-bond donors (Lipinski definition) is 0. The fourth-order valence-electron chi connectivity index (χ4n) is 3.42. The number of alkyl halides is 2.